The fourth-order valence-electron chi connectivity index (χ4n) is 3.61. The number of aliphatic hydroxyl groups excluding tert-OH is 1. The number of carbonyl (C=O) groups excluding carboxylic acids is 1. The molecule has 0 aliphatic carbocycles. The van der Waals surface area contributed by atoms with Crippen LogP contribution < -0.4 is 10.2 Å². The molecule has 1 amide bonds. The predicted octanol–water partition coefficient (Wildman–Crippen LogP) is 3.48. The Morgan fingerprint density at radius 1 is 1.24 bits per heavy atom. The van der Waals surface area contributed by atoms with E-state index in [0.29, 0.717) is 33.8 Å². The molecule has 2 heterocycles. The first-order valence-corrected chi connectivity index (χ1v) is 9.79. The summed E-state index contributed by atoms with van der Waals surface area (Å²) in [6, 6.07) is 11.7. The lowest BCUT2D eigenvalue weighted by molar-refractivity contribution is -0.134. The minimum Gasteiger partial charge on any atom is -0.484 e. The van der Waals surface area contributed by atoms with E-state index < -0.39 is 0 Å². The zero-order valence-electron chi connectivity index (χ0n) is 15.6. The molecule has 0 spiro atoms. The molecule has 1 atom stereocenters. The molecule has 0 saturated carbocycles. The number of benzene rings is 2. The number of aliphatic hydroxyl groups is 1. The Morgan fingerprint density at radius 3 is 2.79 bits per heavy atom. The molecule has 0 unspecified atom stereocenters. The maximum atomic E-state index is 12.8. The average molecular weight is 414 g/mol. The standard InChI is InChI=1S/C22H20ClNO5/c23-15-5-3-14(4-6-15)19-12-29-20-10-17(7-8-18(20)22(19)27)28-13-21(26)24-9-1-2-16(24)11-25/h3-8,10,12,16,25H,1-2,9,11,13H2/t16-/m1/s1. The molecular formula is C22H20ClNO5. The molecule has 0 radical (unpaired) electrons. The Labute approximate surface area is 172 Å². The van der Waals surface area contributed by atoms with Gasteiger partial charge >= 0.3 is 0 Å². The first kappa shape index (κ1) is 19.5. The Hall–Kier alpha value is -2.83. The van der Waals surface area contributed by atoms with E-state index in [-0.39, 0.29) is 30.6 Å². The Balaban J connectivity index is 1.52. The van der Waals surface area contributed by atoms with Gasteiger partial charge in [0.05, 0.1) is 23.6 Å². The Morgan fingerprint density at radius 2 is 2.03 bits per heavy atom. The fourth-order valence-corrected chi connectivity index (χ4v) is 3.73. The van der Waals surface area contributed by atoms with Gasteiger partial charge in [0.1, 0.15) is 17.6 Å². The number of fused-ring (bicyclic) bond motifs is 1. The van der Waals surface area contributed by atoms with Crippen LogP contribution in [0.2, 0.25) is 5.02 Å². The largest absolute Gasteiger partial charge is 0.484 e. The van der Waals surface area contributed by atoms with Crippen LogP contribution in [0.1, 0.15) is 12.8 Å². The highest BCUT2D eigenvalue weighted by atomic mass is 35.5. The van der Waals surface area contributed by atoms with Crippen molar-refractivity contribution in [3.63, 3.8) is 0 Å². The van der Waals surface area contributed by atoms with Crippen molar-refractivity contribution < 1.29 is 19.1 Å². The van der Waals surface area contributed by atoms with E-state index in [1.165, 1.54) is 6.26 Å². The van der Waals surface area contributed by atoms with Crippen molar-refractivity contribution in [3.05, 3.63) is 64.0 Å². The third-order valence-corrected chi connectivity index (χ3v) is 5.42. The SMILES string of the molecule is O=C(COc1ccc2c(=O)c(-c3ccc(Cl)cc3)coc2c1)N1CCC[C@@H]1CO. The van der Waals surface area contributed by atoms with Gasteiger partial charge in [-0.05, 0) is 42.7 Å². The molecule has 1 aliphatic heterocycles. The fraction of sp³-hybridized carbons (Fsp3) is 0.273. The van der Waals surface area contributed by atoms with Gasteiger partial charge in [0.15, 0.2) is 12.0 Å². The van der Waals surface area contributed by atoms with Crippen LogP contribution >= 0.6 is 11.6 Å². The summed E-state index contributed by atoms with van der Waals surface area (Å²) in [5, 5.41) is 10.4. The lowest BCUT2D eigenvalue weighted by Gasteiger charge is -2.22. The molecule has 1 N–H and O–H groups in total. The number of nitrogens with zero attached hydrogens (tertiary/aromatic N) is 1. The highest BCUT2D eigenvalue weighted by Gasteiger charge is 2.28. The van der Waals surface area contributed by atoms with Crippen molar-refractivity contribution in [1.82, 2.24) is 4.90 Å². The van der Waals surface area contributed by atoms with Crippen LogP contribution in [0.15, 0.2) is 57.9 Å². The molecule has 2 aromatic carbocycles. The summed E-state index contributed by atoms with van der Waals surface area (Å²) in [5.41, 5.74) is 1.40. The van der Waals surface area contributed by atoms with Gasteiger partial charge in [-0.15, -0.1) is 0 Å². The highest BCUT2D eigenvalue weighted by Crippen LogP contribution is 2.24. The molecule has 1 aromatic heterocycles. The highest BCUT2D eigenvalue weighted by molar-refractivity contribution is 6.30. The number of halogens is 1. The molecule has 3 aromatic rings. The van der Waals surface area contributed by atoms with Crippen molar-refractivity contribution in [2.45, 2.75) is 18.9 Å². The minimum absolute atomic E-state index is 0.0389. The molecule has 7 heteroatoms. The molecule has 29 heavy (non-hydrogen) atoms. The summed E-state index contributed by atoms with van der Waals surface area (Å²) in [6.07, 6.45) is 3.10. The van der Waals surface area contributed by atoms with Crippen LogP contribution in [0.5, 0.6) is 5.75 Å². The number of likely N-dealkylation sites (tertiary alicyclic amines) is 1. The second kappa shape index (κ2) is 8.27. The second-order valence-electron chi connectivity index (χ2n) is 7.00. The molecule has 6 nitrogen and oxygen atoms in total. The first-order chi connectivity index (χ1) is 14.1. The molecular weight excluding hydrogens is 394 g/mol. The molecule has 1 aliphatic rings. The number of carbonyl (C=O) groups is 1. The van der Waals surface area contributed by atoms with Crippen molar-refractivity contribution in [2.75, 3.05) is 19.8 Å². The van der Waals surface area contributed by atoms with Crippen molar-refractivity contribution >= 4 is 28.5 Å². The monoisotopic (exact) mass is 413 g/mol. The van der Waals surface area contributed by atoms with E-state index in [0.717, 1.165) is 18.4 Å². The van der Waals surface area contributed by atoms with Crippen molar-refractivity contribution in [3.8, 4) is 16.9 Å². The van der Waals surface area contributed by atoms with Crippen LogP contribution in [0.4, 0.5) is 0 Å². The Bertz CT molecular complexity index is 1090. The lowest BCUT2D eigenvalue weighted by Crippen LogP contribution is -2.40. The number of hydrogen-bond acceptors (Lipinski definition) is 5. The quantitative estimate of drug-likeness (QED) is 0.692. The van der Waals surface area contributed by atoms with E-state index in [2.05, 4.69) is 0 Å². The van der Waals surface area contributed by atoms with Gasteiger partial charge < -0.3 is 19.2 Å². The van der Waals surface area contributed by atoms with Crippen LogP contribution in [0.25, 0.3) is 22.1 Å². The van der Waals surface area contributed by atoms with Crippen LogP contribution in [0, 0.1) is 0 Å². The molecule has 1 fully saturated rings. The average Bonchev–Trinajstić information content (AvgIpc) is 3.22. The minimum atomic E-state index is -0.166. The zero-order valence-corrected chi connectivity index (χ0v) is 16.4. The maximum Gasteiger partial charge on any atom is 0.260 e. The van der Waals surface area contributed by atoms with E-state index in [4.69, 9.17) is 20.8 Å². The van der Waals surface area contributed by atoms with Crippen molar-refractivity contribution in [1.29, 1.82) is 0 Å². The van der Waals surface area contributed by atoms with Gasteiger partial charge in [-0.3, -0.25) is 9.59 Å². The summed E-state index contributed by atoms with van der Waals surface area (Å²) < 4.78 is 11.2. The predicted molar refractivity (Wildman–Crippen MR) is 110 cm³/mol. The summed E-state index contributed by atoms with van der Waals surface area (Å²) in [6.45, 7) is 0.464. The molecule has 150 valence electrons. The summed E-state index contributed by atoms with van der Waals surface area (Å²) in [5.74, 6) is 0.272. The van der Waals surface area contributed by atoms with E-state index in [1.54, 1.807) is 47.4 Å². The van der Waals surface area contributed by atoms with Gasteiger partial charge in [-0.2, -0.15) is 0 Å². The molecule has 4 rings (SSSR count). The van der Waals surface area contributed by atoms with Gasteiger partial charge in [-0.1, -0.05) is 23.7 Å². The van der Waals surface area contributed by atoms with Gasteiger partial charge in [0.2, 0.25) is 0 Å². The summed E-state index contributed by atoms with van der Waals surface area (Å²) in [4.78, 5) is 26.8. The van der Waals surface area contributed by atoms with Crippen LogP contribution in [-0.4, -0.2) is 41.7 Å². The third kappa shape index (κ3) is 3.99. The Kier molecular flexibility index (Phi) is 5.56. The van der Waals surface area contributed by atoms with Gasteiger partial charge in [0.25, 0.3) is 5.91 Å². The van der Waals surface area contributed by atoms with E-state index in [9.17, 15) is 14.7 Å². The van der Waals surface area contributed by atoms with Crippen molar-refractivity contribution in [2.24, 2.45) is 0 Å². The van der Waals surface area contributed by atoms with Crippen LogP contribution in [0.3, 0.4) is 0 Å². The van der Waals surface area contributed by atoms with E-state index in [1.807, 2.05) is 0 Å². The number of hydrogen-bond donors (Lipinski definition) is 1. The molecule has 1 saturated heterocycles. The summed E-state index contributed by atoms with van der Waals surface area (Å²) >= 11 is 5.91. The van der Waals surface area contributed by atoms with Crippen LogP contribution in [-0.2, 0) is 4.79 Å². The lowest BCUT2D eigenvalue weighted by atomic mass is 10.1. The number of ether oxygens (including phenoxy) is 1. The number of amides is 1. The second-order valence-corrected chi connectivity index (χ2v) is 7.43. The van der Waals surface area contributed by atoms with Gasteiger partial charge in [0, 0.05) is 17.6 Å². The first-order valence-electron chi connectivity index (χ1n) is 9.41. The van der Waals surface area contributed by atoms with E-state index >= 15 is 0 Å². The topological polar surface area (TPSA) is 80.0 Å². The van der Waals surface area contributed by atoms with Gasteiger partial charge in [-0.25, -0.2) is 0 Å². The molecule has 0 bridgehead atoms. The normalized spacial score (nSPS) is 16.3. The third-order valence-electron chi connectivity index (χ3n) is 5.17. The zero-order chi connectivity index (χ0) is 20.4. The number of rotatable bonds is 5. The smallest absolute Gasteiger partial charge is 0.260 e. The summed E-state index contributed by atoms with van der Waals surface area (Å²) in [7, 11) is 0. The maximum absolute atomic E-state index is 12.8.